The maximum absolute atomic E-state index is 12.8. The average molecular weight is 338 g/mol. The van der Waals surface area contributed by atoms with Crippen molar-refractivity contribution in [2.75, 3.05) is 20.2 Å². The van der Waals surface area contributed by atoms with Gasteiger partial charge in [0, 0.05) is 31.5 Å². The van der Waals surface area contributed by atoms with E-state index < -0.39 is 0 Å². The summed E-state index contributed by atoms with van der Waals surface area (Å²) < 4.78 is 5.42. The summed E-state index contributed by atoms with van der Waals surface area (Å²) in [5.41, 5.74) is 8.59. The van der Waals surface area contributed by atoms with Crippen LogP contribution in [0.15, 0.2) is 54.6 Å². The Labute approximate surface area is 149 Å². The first-order valence-corrected chi connectivity index (χ1v) is 8.81. The lowest BCUT2D eigenvalue weighted by molar-refractivity contribution is -0.130. The first-order valence-electron chi connectivity index (χ1n) is 8.81. The van der Waals surface area contributed by atoms with Gasteiger partial charge in [-0.25, -0.2) is 0 Å². The molecule has 0 spiro atoms. The van der Waals surface area contributed by atoms with Crippen LogP contribution < -0.4 is 10.5 Å². The Morgan fingerprint density at radius 3 is 2.56 bits per heavy atom. The van der Waals surface area contributed by atoms with E-state index in [-0.39, 0.29) is 23.8 Å². The third kappa shape index (κ3) is 3.85. The molecule has 0 saturated carbocycles. The molecule has 0 radical (unpaired) electrons. The van der Waals surface area contributed by atoms with E-state index >= 15 is 0 Å². The summed E-state index contributed by atoms with van der Waals surface area (Å²) in [6.45, 7) is 3.39. The number of carbonyl (C=O) groups is 1. The number of amides is 1. The molecule has 1 amide bonds. The van der Waals surface area contributed by atoms with Gasteiger partial charge in [0.2, 0.25) is 5.91 Å². The summed E-state index contributed by atoms with van der Waals surface area (Å²) in [6.07, 6.45) is 0.467. The van der Waals surface area contributed by atoms with Gasteiger partial charge in [0.15, 0.2) is 0 Å². The average Bonchev–Trinajstić information content (AvgIpc) is 3.04. The Morgan fingerprint density at radius 1 is 1.16 bits per heavy atom. The first kappa shape index (κ1) is 17.5. The molecule has 3 atom stereocenters. The van der Waals surface area contributed by atoms with Crippen molar-refractivity contribution in [2.45, 2.75) is 31.2 Å². The van der Waals surface area contributed by atoms with Crippen LogP contribution in [-0.2, 0) is 4.79 Å². The normalized spacial score (nSPS) is 21.2. The summed E-state index contributed by atoms with van der Waals surface area (Å²) in [7, 11) is 1.66. The molecule has 2 aromatic carbocycles. The summed E-state index contributed by atoms with van der Waals surface area (Å²) in [5.74, 6) is 1.32. The Morgan fingerprint density at radius 2 is 1.84 bits per heavy atom. The topological polar surface area (TPSA) is 55.6 Å². The molecule has 25 heavy (non-hydrogen) atoms. The van der Waals surface area contributed by atoms with Crippen LogP contribution in [0.1, 0.15) is 36.3 Å². The Bertz CT molecular complexity index is 717. The SMILES string of the molecule is COc1ccccc1C(C)CC(=O)N1C[C@@H](N)[C@H](c2ccccc2)C1. The lowest BCUT2D eigenvalue weighted by Gasteiger charge is -2.20. The minimum Gasteiger partial charge on any atom is -0.496 e. The van der Waals surface area contributed by atoms with Gasteiger partial charge < -0.3 is 15.4 Å². The molecule has 1 heterocycles. The van der Waals surface area contributed by atoms with Crippen molar-refractivity contribution in [3.63, 3.8) is 0 Å². The number of carbonyl (C=O) groups excluding carboxylic acids is 1. The van der Waals surface area contributed by atoms with Crippen LogP contribution in [-0.4, -0.2) is 37.0 Å². The number of methoxy groups -OCH3 is 1. The van der Waals surface area contributed by atoms with E-state index in [1.807, 2.05) is 47.4 Å². The van der Waals surface area contributed by atoms with Crippen LogP contribution in [0.2, 0.25) is 0 Å². The third-order valence-corrected chi connectivity index (χ3v) is 5.10. The highest BCUT2D eigenvalue weighted by Gasteiger charge is 2.34. The molecule has 2 aromatic rings. The molecule has 132 valence electrons. The maximum Gasteiger partial charge on any atom is 0.223 e. The number of nitrogens with zero attached hydrogens (tertiary/aromatic N) is 1. The number of likely N-dealkylation sites (tertiary alicyclic amines) is 1. The fourth-order valence-electron chi connectivity index (χ4n) is 3.66. The molecule has 1 fully saturated rings. The molecular weight excluding hydrogens is 312 g/mol. The molecule has 0 bridgehead atoms. The van der Waals surface area contributed by atoms with Crippen molar-refractivity contribution < 1.29 is 9.53 Å². The molecule has 0 aromatic heterocycles. The smallest absolute Gasteiger partial charge is 0.223 e. The zero-order valence-corrected chi connectivity index (χ0v) is 14.9. The minimum atomic E-state index is -0.00656. The molecule has 1 saturated heterocycles. The lowest BCUT2D eigenvalue weighted by atomic mass is 9.95. The van der Waals surface area contributed by atoms with E-state index in [1.54, 1.807) is 7.11 Å². The second-order valence-electron chi connectivity index (χ2n) is 6.83. The Balaban J connectivity index is 1.66. The predicted molar refractivity (Wildman–Crippen MR) is 99.8 cm³/mol. The number of nitrogens with two attached hydrogens (primary N) is 1. The van der Waals surface area contributed by atoms with Gasteiger partial charge in [-0.1, -0.05) is 55.5 Å². The van der Waals surface area contributed by atoms with Gasteiger partial charge in [-0.3, -0.25) is 4.79 Å². The fraction of sp³-hybridized carbons (Fsp3) is 0.381. The second kappa shape index (κ2) is 7.70. The summed E-state index contributed by atoms with van der Waals surface area (Å²) in [5, 5.41) is 0. The van der Waals surface area contributed by atoms with Crippen LogP contribution in [0.5, 0.6) is 5.75 Å². The highest BCUT2D eigenvalue weighted by molar-refractivity contribution is 5.78. The van der Waals surface area contributed by atoms with Gasteiger partial charge in [0.1, 0.15) is 5.75 Å². The molecular formula is C21H26N2O2. The highest BCUT2D eigenvalue weighted by Crippen LogP contribution is 2.31. The molecule has 2 N–H and O–H groups in total. The Kier molecular flexibility index (Phi) is 5.39. The predicted octanol–water partition coefficient (Wildman–Crippen LogP) is 3.14. The summed E-state index contributed by atoms with van der Waals surface area (Å²) >= 11 is 0. The van der Waals surface area contributed by atoms with Crippen molar-refractivity contribution >= 4 is 5.91 Å². The maximum atomic E-state index is 12.8. The largest absolute Gasteiger partial charge is 0.496 e. The van der Waals surface area contributed by atoms with Gasteiger partial charge >= 0.3 is 0 Å². The van der Waals surface area contributed by atoms with Gasteiger partial charge in [0.25, 0.3) is 0 Å². The van der Waals surface area contributed by atoms with Gasteiger partial charge in [-0.2, -0.15) is 0 Å². The standard InChI is InChI=1S/C21H26N2O2/c1-15(17-10-6-7-11-20(17)25-2)12-21(24)23-13-18(19(22)14-23)16-8-4-3-5-9-16/h3-11,15,18-19H,12-14,22H2,1-2H3/t15?,18-,19+/m0/s1. The zero-order chi connectivity index (χ0) is 17.8. The van der Waals surface area contributed by atoms with E-state index in [1.165, 1.54) is 5.56 Å². The van der Waals surface area contributed by atoms with E-state index in [0.29, 0.717) is 19.5 Å². The van der Waals surface area contributed by atoms with Gasteiger partial charge in [-0.05, 0) is 23.1 Å². The molecule has 4 heteroatoms. The minimum absolute atomic E-state index is 0.00656. The lowest BCUT2D eigenvalue weighted by Crippen LogP contribution is -2.32. The van der Waals surface area contributed by atoms with Crippen molar-refractivity contribution in [3.8, 4) is 5.75 Å². The number of benzene rings is 2. The zero-order valence-electron chi connectivity index (χ0n) is 14.9. The van der Waals surface area contributed by atoms with Gasteiger partial charge in [0.05, 0.1) is 7.11 Å². The van der Waals surface area contributed by atoms with Crippen LogP contribution in [0.4, 0.5) is 0 Å². The number of hydrogen-bond donors (Lipinski definition) is 1. The van der Waals surface area contributed by atoms with Crippen molar-refractivity contribution in [2.24, 2.45) is 5.73 Å². The number of hydrogen-bond acceptors (Lipinski definition) is 3. The monoisotopic (exact) mass is 338 g/mol. The molecule has 1 aliphatic rings. The van der Waals surface area contributed by atoms with E-state index in [2.05, 4.69) is 19.1 Å². The van der Waals surface area contributed by atoms with Gasteiger partial charge in [-0.15, -0.1) is 0 Å². The van der Waals surface area contributed by atoms with Crippen molar-refractivity contribution in [3.05, 3.63) is 65.7 Å². The summed E-state index contributed by atoms with van der Waals surface area (Å²) in [6, 6.07) is 18.1. The van der Waals surface area contributed by atoms with Crippen LogP contribution in [0, 0.1) is 0 Å². The van der Waals surface area contributed by atoms with Crippen LogP contribution in [0.3, 0.4) is 0 Å². The second-order valence-corrected chi connectivity index (χ2v) is 6.83. The fourth-order valence-corrected chi connectivity index (χ4v) is 3.66. The van der Waals surface area contributed by atoms with Crippen molar-refractivity contribution in [1.29, 1.82) is 0 Å². The number of para-hydroxylation sites is 1. The molecule has 1 unspecified atom stereocenters. The third-order valence-electron chi connectivity index (χ3n) is 5.10. The first-order chi connectivity index (χ1) is 12.1. The quantitative estimate of drug-likeness (QED) is 0.911. The van der Waals surface area contributed by atoms with Crippen LogP contribution >= 0.6 is 0 Å². The van der Waals surface area contributed by atoms with E-state index in [9.17, 15) is 4.79 Å². The van der Waals surface area contributed by atoms with E-state index in [4.69, 9.17) is 10.5 Å². The van der Waals surface area contributed by atoms with Crippen molar-refractivity contribution in [1.82, 2.24) is 4.90 Å². The molecule has 0 aliphatic carbocycles. The number of ether oxygens (including phenoxy) is 1. The van der Waals surface area contributed by atoms with E-state index in [0.717, 1.165) is 11.3 Å². The molecule has 4 nitrogen and oxygen atoms in total. The molecule has 3 rings (SSSR count). The summed E-state index contributed by atoms with van der Waals surface area (Å²) in [4.78, 5) is 14.7. The molecule has 1 aliphatic heterocycles. The Hall–Kier alpha value is -2.33. The van der Waals surface area contributed by atoms with Crippen LogP contribution in [0.25, 0.3) is 0 Å². The highest BCUT2D eigenvalue weighted by atomic mass is 16.5. The number of rotatable bonds is 5.